The van der Waals surface area contributed by atoms with Gasteiger partial charge in [-0.3, -0.25) is 4.90 Å². The molecule has 76 valence electrons. The molecule has 1 aliphatic rings. The Morgan fingerprint density at radius 2 is 1.93 bits per heavy atom. The second kappa shape index (κ2) is 4.47. The zero-order chi connectivity index (χ0) is 9.80. The average Bonchev–Trinajstić information content (AvgIpc) is 2.69. The van der Waals surface area contributed by atoms with E-state index in [4.69, 9.17) is 4.74 Å². The summed E-state index contributed by atoms with van der Waals surface area (Å²) >= 11 is 0. The summed E-state index contributed by atoms with van der Waals surface area (Å²) in [6.07, 6.45) is 2.63. The largest absolute Gasteiger partial charge is 0.478 e. The first-order chi connectivity index (χ1) is 6.86. The van der Waals surface area contributed by atoms with Gasteiger partial charge in [-0.25, -0.2) is 0 Å². The van der Waals surface area contributed by atoms with Crippen LogP contribution < -0.4 is 4.74 Å². The van der Waals surface area contributed by atoms with Crippen molar-refractivity contribution in [3.63, 3.8) is 0 Å². The molecule has 1 aromatic carbocycles. The molecule has 0 aliphatic carbocycles. The zero-order valence-corrected chi connectivity index (χ0v) is 8.70. The minimum Gasteiger partial charge on any atom is -0.478 e. The highest BCUT2D eigenvalue weighted by Gasteiger charge is 2.11. The molecular weight excluding hydrogens is 174 g/mol. The summed E-state index contributed by atoms with van der Waals surface area (Å²) in [6, 6.07) is 8.18. The second-order valence-corrected chi connectivity index (χ2v) is 3.86. The van der Waals surface area contributed by atoms with Crippen LogP contribution >= 0.6 is 0 Å². The van der Waals surface area contributed by atoms with E-state index in [2.05, 4.69) is 17.9 Å². The van der Waals surface area contributed by atoms with Gasteiger partial charge in [0.15, 0.2) is 0 Å². The highest BCUT2D eigenvalue weighted by atomic mass is 16.5. The molecule has 0 atom stereocenters. The average molecular weight is 191 g/mol. The van der Waals surface area contributed by atoms with E-state index in [0.29, 0.717) is 0 Å². The molecule has 0 saturated carbocycles. The van der Waals surface area contributed by atoms with Gasteiger partial charge >= 0.3 is 0 Å². The molecule has 0 unspecified atom stereocenters. The van der Waals surface area contributed by atoms with E-state index in [1.807, 2.05) is 18.2 Å². The van der Waals surface area contributed by atoms with Gasteiger partial charge < -0.3 is 4.74 Å². The lowest BCUT2D eigenvalue weighted by atomic mass is 10.2. The Balaban J connectivity index is 1.88. The van der Waals surface area contributed by atoms with Crippen LogP contribution in [0.4, 0.5) is 0 Å². The molecule has 0 radical (unpaired) electrons. The van der Waals surface area contributed by atoms with E-state index < -0.39 is 0 Å². The SMILES string of the molecule is Cc1ccccc1OCN1CCCC1. The number of ether oxygens (including phenoxy) is 1. The summed E-state index contributed by atoms with van der Waals surface area (Å²) in [4.78, 5) is 2.35. The van der Waals surface area contributed by atoms with Gasteiger partial charge in [0.2, 0.25) is 0 Å². The number of benzene rings is 1. The maximum atomic E-state index is 5.75. The molecule has 0 N–H and O–H groups in total. The van der Waals surface area contributed by atoms with Crippen molar-refractivity contribution in [3.05, 3.63) is 29.8 Å². The Hall–Kier alpha value is -1.02. The first kappa shape index (κ1) is 9.53. The highest BCUT2D eigenvalue weighted by molar-refractivity contribution is 5.31. The molecule has 0 aromatic heterocycles. The monoisotopic (exact) mass is 191 g/mol. The lowest BCUT2D eigenvalue weighted by Crippen LogP contribution is -2.24. The number of rotatable bonds is 3. The molecule has 1 aliphatic heterocycles. The molecule has 2 heteroatoms. The van der Waals surface area contributed by atoms with Crippen molar-refractivity contribution >= 4 is 0 Å². The van der Waals surface area contributed by atoms with Crippen LogP contribution in [0, 0.1) is 6.92 Å². The van der Waals surface area contributed by atoms with Crippen molar-refractivity contribution < 1.29 is 4.74 Å². The summed E-state index contributed by atoms with van der Waals surface area (Å²) in [5.41, 5.74) is 1.21. The number of aryl methyl sites for hydroxylation is 1. The topological polar surface area (TPSA) is 12.5 Å². The van der Waals surface area contributed by atoms with Gasteiger partial charge in [0.05, 0.1) is 0 Å². The fourth-order valence-corrected chi connectivity index (χ4v) is 1.79. The van der Waals surface area contributed by atoms with Crippen LogP contribution in [0.5, 0.6) is 5.75 Å². The molecule has 14 heavy (non-hydrogen) atoms. The van der Waals surface area contributed by atoms with Crippen LogP contribution in [-0.4, -0.2) is 24.7 Å². The van der Waals surface area contributed by atoms with Crippen LogP contribution in [-0.2, 0) is 0 Å². The molecule has 1 aromatic rings. The van der Waals surface area contributed by atoms with E-state index in [0.717, 1.165) is 12.5 Å². The maximum Gasteiger partial charge on any atom is 0.142 e. The number of hydrogen-bond acceptors (Lipinski definition) is 2. The van der Waals surface area contributed by atoms with E-state index in [1.54, 1.807) is 0 Å². The second-order valence-electron chi connectivity index (χ2n) is 3.86. The summed E-state index contributed by atoms with van der Waals surface area (Å²) in [5.74, 6) is 1.01. The minimum absolute atomic E-state index is 0.741. The summed E-state index contributed by atoms with van der Waals surface area (Å²) in [7, 11) is 0. The third kappa shape index (κ3) is 2.26. The van der Waals surface area contributed by atoms with Crippen molar-refractivity contribution in [2.45, 2.75) is 19.8 Å². The normalized spacial score (nSPS) is 17.2. The van der Waals surface area contributed by atoms with Crippen LogP contribution in [0.15, 0.2) is 24.3 Å². The van der Waals surface area contributed by atoms with Crippen LogP contribution in [0.1, 0.15) is 18.4 Å². The Kier molecular flexibility index (Phi) is 3.04. The quantitative estimate of drug-likeness (QED) is 0.727. The van der Waals surface area contributed by atoms with E-state index in [-0.39, 0.29) is 0 Å². The van der Waals surface area contributed by atoms with Crippen molar-refractivity contribution in [1.29, 1.82) is 0 Å². The van der Waals surface area contributed by atoms with Crippen molar-refractivity contribution in [2.75, 3.05) is 19.8 Å². The van der Waals surface area contributed by atoms with Gasteiger partial charge in [-0.15, -0.1) is 0 Å². The molecule has 0 bridgehead atoms. The lowest BCUT2D eigenvalue weighted by molar-refractivity contribution is 0.151. The van der Waals surface area contributed by atoms with Gasteiger partial charge in [0, 0.05) is 13.1 Å². The third-order valence-corrected chi connectivity index (χ3v) is 2.69. The highest BCUT2D eigenvalue weighted by Crippen LogP contribution is 2.17. The maximum absolute atomic E-state index is 5.75. The molecule has 0 amide bonds. The smallest absolute Gasteiger partial charge is 0.142 e. The van der Waals surface area contributed by atoms with Crippen molar-refractivity contribution in [3.8, 4) is 5.75 Å². The van der Waals surface area contributed by atoms with Gasteiger partial charge in [0.1, 0.15) is 12.5 Å². The standard InChI is InChI=1S/C12H17NO/c1-11-6-2-3-7-12(11)14-10-13-8-4-5-9-13/h2-3,6-7H,4-5,8-10H2,1H3. The molecular formula is C12H17NO. The number of nitrogens with zero attached hydrogens (tertiary/aromatic N) is 1. The lowest BCUT2D eigenvalue weighted by Gasteiger charge is -2.16. The molecule has 1 saturated heterocycles. The summed E-state index contributed by atoms with van der Waals surface area (Å²) in [5, 5.41) is 0. The molecule has 1 fully saturated rings. The van der Waals surface area contributed by atoms with Crippen molar-refractivity contribution in [1.82, 2.24) is 4.90 Å². The van der Waals surface area contributed by atoms with Crippen LogP contribution in [0.2, 0.25) is 0 Å². The van der Waals surface area contributed by atoms with Gasteiger partial charge in [-0.1, -0.05) is 18.2 Å². The Morgan fingerprint density at radius 1 is 1.21 bits per heavy atom. The Labute approximate surface area is 85.5 Å². The van der Waals surface area contributed by atoms with Crippen LogP contribution in [0.25, 0.3) is 0 Å². The zero-order valence-electron chi connectivity index (χ0n) is 8.70. The minimum atomic E-state index is 0.741. The molecule has 2 rings (SSSR count). The first-order valence-corrected chi connectivity index (χ1v) is 5.27. The Bertz CT molecular complexity index is 292. The third-order valence-electron chi connectivity index (χ3n) is 2.69. The van der Waals surface area contributed by atoms with Gasteiger partial charge in [0.25, 0.3) is 0 Å². The number of likely N-dealkylation sites (tertiary alicyclic amines) is 1. The predicted octanol–water partition coefficient (Wildman–Crippen LogP) is 2.43. The van der Waals surface area contributed by atoms with Gasteiger partial charge in [-0.2, -0.15) is 0 Å². The fraction of sp³-hybridized carbons (Fsp3) is 0.500. The van der Waals surface area contributed by atoms with Crippen LogP contribution in [0.3, 0.4) is 0 Å². The number of hydrogen-bond donors (Lipinski definition) is 0. The molecule has 2 nitrogen and oxygen atoms in total. The molecule has 1 heterocycles. The summed E-state index contributed by atoms with van der Waals surface area (Å²) in [6.45, 7) is 5.20. The van der Waals surface area contributed by atoms with E-state index >= 15 is 0 Å². The van der Waals surface area contributed by atoms with Crippen molar-refractivity contribution in [2.24, 2.45) is 0 Å². The Morgan fingerprint density at radius 3 is 2.64 bits per heavy atom. The number of para-hydroxylation sites is 1. The van der Waals surface area contributed by atoms with E-state index in [1.165, 1.54) is 31.5 Å². The van der Waals surface area contributed by atoms with E-state index in [9.17, 15) is 0 Å². The summed E-state index contributed by atoms with van der Waals surface area (Å²) < 4.78 is 5.75. The van der Waals surface area contributed by atoms with Gasteiger partial charge in [-0.05, 0) is 31.4 Å². The first-order valence-electron chi connectivity index (χ1n) is 5.27. The predicted molar refractivity (Wildman–Crippen MR) is 57.5 cm³/mol. The molecule has 0 spiro atoms. The fourth-order valence-electron chi connectivity index (χ4n) is 1.79.